The van der Waals surface area contributed by atoms with Crippen LogP contribution >= 0.6 is 0 Å². The first-order valence-corrected chi connectivity index (χ1v) is 6.90. The van der Waals surface area contributed by atoms with Crippen LogP contribution in [0.15, 0.2) is 36.4 Å². The van der Waals surface area contributed by atoms with Gasteiger partial charge in [-0.25, -0.2) is 4.79 Å². The number of ether oxygens (including phenoxy) is 2. The third kappa shape index (κ3) is 3.91. The second kappa shape index (κ2) is 6.85. The third-order valence-electron chi connectivity index (χ3n) is 3.14. The summed E-state index contributed by atoms with van der Waals surface area (Å²) in [6.07, 6.45) is 0. The van der Waals surface area contributed by atoms with E-state index in [9.17, 15) is 4.79 Å². The second-order valence-electron chi connectivity index (χ2n) is 5.02. The van der Waals surface area contributed by atoms with E-state index in [-0.39, 0.29) is 6.03 Å². The van der Waals surface area contributed by atoms with Crippen molar-refractivity contribution in [1.82, 2.24) is 0 Å². The van der Waals surface area contributed by atoms with Crippen LogP contribution in [0.1, 0.15) is 11.1 Å². The number of amides is 2. The summed E-state index contributed by atoms with van der Waals surface area (Å²) in [5.41, 5.74) is 3.52. The van der Waals surface area contributed by atoms with Crippen molar-refractivity contribution in [1.29, 1.82) is 0 Å². The summed E-state index contributed by atoms with van der Waals surface area (Å²) in [7, 11) is 3.12. The minimum absolute atomic E-state index is 0.325. The van der Waals surface area contributed by atoms with E-state index in [0.29, 0.717) is 17.2 Å². The molecule has 0 radical (unpaired) electrons. The minimum atomic E-state index is -0.325. The topological polar surface area (TPSA) is 59.6 Å². The number of anilines is 2. The Balaban J connectivity index is 2.11. The Labute approximate surface area is 130 Å². The summed E-state index contributed by atoms with van der Waals surface area (Å²) in [5, 5.41) is 5.58. The molecule has 0 bridgehead atoms. The van der Waals surface area contributed by atoms with Gasteiger partial charge in [0.15, 0.2) is 0 Å². The fourth-order valence-corrected chi connectivity index (χ4v) is 2.23. The molecule has 0 unspecified atom stereocenters. The zero-order chi connectivity index (χ0) is 16.1. The number of hydrogen-bond acceptors (Lipinski definition) is 3. The van der Waals surface area contributed by atoms with Crippen LogP contribution < -0.4 is 20.1 Å². The number of nitrogens with one attached hydrogen (secondary N) is 2. The third-order valence-corrected chi connectivity index (χ3v) is 3.14. The maximum Gasteiger partial charge on any atom is 0.323 e. The molecule has 0 aliphatic carbocycles. The monoisotopic (exact) mass is 300 g/mol. The van der Waals surface area contributed by atoms with Crippen LogP contribution in [0.2, 0.25) is 0 Å². The van der Waals surface area contributed by atoms with Crippen molar-refractivity contribution >= 4 is 17.4 Å². The Bertz CT molecular complexity index is 663. The van der Waals surface area contributed by atoms with Crippen LogP contribution in [0.5, 0.6) is 11.5 Å². The normalized spacial score (nSPS) is 10.0. The van der Waals surface area contributed by atoms with Gasteiger partial charge < -0.3 is 20.1 Å². The maximum atomic E-state index is 12.1. The van der Waals surface area contributed by atoms with Crippen LogP contribution in [0.25, 0.3) is 0 Å². The molecule has 0 aliphatic rings. The molecule has 0 saturated carbocycles. The van der Waals surface area contributed by atoms with E-state index in [1.54, 1.807) is 32.4 Å². The average molecular weight is 300 g/mol. The number of benzene rings is 2. The van der Waals surface area contributed by atoms with Gasteiger partial charge in [-0.05, 0) is 49.2 Å². The van der Waals surface area contributed by atoms with Gasteiger partial charge in [-0.1, -0.05) is 6.07 Å². The van der Waals surface area contributed by atoms with Gasteiger partial charge in [0.2, 0.25) is 0 Å². The zero-order valence-electron chi connectivity index (χ0n) is 13.2. The second-order valence-corrected chi connectivity index (χ2v) is 5.02. The molecule has 116 valence electrons. The molecule has 0 aliphatic heterocycles. The zero-order valence-corrected chi connectivity index (χ0v) is 13.2. The molecule has 2 N–H and O–H groups in total. The summed E-state index contributed by atoms with van der Waals surface area (Å²) in [5.74, 6) is 1.20. The standard InChI is InChI=1S/C17H20N2O3/c1-11-7-12(2)9-13(8-11)18-17(20)19-15-6-5-14(21-3)10-16(15)22-4/h5-10H,1-4H3,(H2,18,19,20). The highest BCUT2D eigenvalue weighted by Crippen LogP contribution is 2.29. The first-order valence-electron chi connectivity index (χ1n) is 6.90. The molecule has 2 aromatic carbocycles. The van der Waals surface area contributed by atoms with Crippen LogP contribution in [0, 0.1) is 13.8 Å². The van der Waals surface area contributed by atoms with E-state index in [1.807, 2.05) is 26.0 Å². The van der Waals surface area contributed by atoms with E-state index in [4.69, 9.17) is 9.47 Å². The molecule has 0 saturated heterocycles. The summed E-state index contributed by atoms with van der Waals surface area (Å²) in [6.45, 7) is 3.98. The molecule has 5 heteroatoms. The van der Waals surface area contributed by atoms with Gasteiger partial charge in [0.25, 0.3) is 0 Å². The van der Waals surface area contributed by atoms with Crippen molar-refractivity contribution in [2.24, 2.45) is 0 Å². The lowest BCUT2D eigenvalue weighted by Crippen LogP contribution is -2.20. The molecular formula is C17H20N2O3. The fraction of sp³-hybridized carbons (Fsp3) is 0.235. The molecule has 0 fully saturated rings. The lowest BCUT2D eigenvalue weighted by Gasteiger charge is -2.13. The lowest BCUT2D eigenvalue weighted by molar-refractivity contribution is 0.262. The Morgan fingerprint density at radius 2 is 1.59 bits per heavy atom. The van der Waals surface area contributed by atoms with Gasteiger partial charge in [-0.2, -0.15) is 0 Å². The van der Waals surface area contributed by atoms with Crippen molar-refractivity contribution in [3.05, 3.63) is 47.5 Å². The highest BCUT2D eigenvalue weighted by Gasteiger charge is 2.09. The predicted molar refractivity (Wildman–Crippen MR) is 88.1 cm³/mol. The van der Waals surface area contributed by atoms with E-state index in [2.05, 4.69) is 16.7 Å². The molecule has 0 aromatic heterocycles. The quantitative estimate of drug-likeness (QED) is 0.898. The Kier molecular flexibility index (Phi) is 4.88. The van der Waals surface area contributed by atoms with Gasteiger partial charge in [-0.3, -0.25) is 0 Å². The molecule has 2 rings (SSSR count). The molecule has 22 heavy (non-hydrogen) atoms. The highest BCUT2D eigenvalue weighted by molar-refractivity contribution is 6.00. The SMILES string of the molecule is COc1ccc(NC(=O)Nc2cc(C)cc(C)c2)c(OC)c1. The van der Waals surface area contributed by atoms with Gasteiger partial charge in [0, 0.05) is 11.8 Å². The van der Waals surface area contributed by atoms with Crippen LogP contribution in [0.3, 0.4) is 0 Å². The smallest absolute Gasteiger partial charge is 0.323 e. The average Bonchev–Trinajstić information content (AvgIpc) is 2.46. The van der Waals surface area contributed by atoms with E-state index < -0.39 is 0 Å². The number of hydrogen-bond donors (Lipinski definition) is 2. The van der Waals surface area contributed by atoms with Gasteiger partial charge in [0.1, 0.15) is 11.5 Å². The molecule has 0 heterocycles. The minimum Gasteiger partial charge on any atom is -0.497 e. The number of methoxy groups -OCH3 is 2. The number of carbonyl (C=O) groups excluding carboxylic acids is 1. The van der Waals surface area contributed by atoms with Crippen molar-refractivity contribution in [2.75, 3.05) is 24.9 Å². The fourth-order valence-electron chi connectivity index (χ4n) is 2.23. The first kappa shape index (κ1) is 15.7. The van der Waals surface area contributed by atoms with Gasteiger partial charge >= 0.3 is 6.03 Å². The Morgan fingerprint density at radius 3 is 2.18 bits per heavy atom. The van der Waals surface area contributed by atoms with Crippen molar-refractivity contribution < 1.29 is 14.3 Å². The Morgan fingerprint density at radius 1 is 0.909 bits per heavy atom. The molecular weight excluding hydrogens is 280 g/mol. The number of aryl methyl sites for hydroxylation is 2. The van der Waals surface area contributed by atoms with E-state index >= 15 is 0 Å². The molecule has 0 atom stereocenters. The van der Waals surface area contributed by atoms with Gasteiger partial charge in [-0.15, -0.1) is 0 Å². The highest BCUT2D eigenvalue weighted by atomic mass is 16.5. The lowest BCUT2D eigenvalue weighted by atomic mass is 10.1. The summed E-state index contributed by atoms with van der Waals surface area (Å²) >= 11 is 0. The summed E-state index contributed by atoms with van der Waals surface area (Å²) in [4.78, 5) is 12.1. The van der Waals surface area contributed by atoms with E-state index in [1.165, 1.54) is 0 Å². The largest absolute Gasteiger partial charge is 0.497 e. The van der Waals surface area contributed by atoms with Crippen molar-refractivity contribution in [3.63, 3.8) is 0 Å². The van der Waals surface area contributed by atoms with Gasteiger partial charge in [0.05, 0.1) is 19.9 Å². The summed E-state index contributed by atoms with van der Waals surface area (Å²) < 4.78 is 10.4. The van der Waals surface area contributed by atoms with Crippen molar-refractivity contribution in [2.45, 2.75) is 13.8 Å². The molecule has 2 aromatic rings. The van der Waals surface area contributed by atoms with Crippen LogP contribution in [-0.2, 0) is 0 Å². The maximum absolute atomic E-state index is 12.1. The summed E-state index contributed by atoms with van der Waals surface area (Å²) in [6, 6.07) is 10.8. The predicted octanol–water partition coefficient (Wildman–Crippen LogP) is 3.96. The van der Waals surface area contributed by atoms with E-state index in [0.717, 1.165) is 16.8 Å². The number of carbonyl (C=O) groups is 1. The first-order chi connectivity index (χ1) is 10.5. The molecule has 5 nitrogen and oxygen atoms in total. The number of urea groups is 1. The molecule has 2 amide bonds. The Hall–Kier alpha value is -2.69. The van der Waals surface area contributed by atoms with Crippen LogP contribution in [-0.4, -0.2) is 20.3 Å². The van der Waals surface area contributed by atoms with Crippen molar-refractivity contribution in [3.8, 4) is 11.5 Å². The molecule has 0 spiro atoms. The number of rotatable bonds is 4. The van der Waals surface area contributed by atoms with Crippen LogP contribution in [0.4, 0.5) is 16.2 Å².